The zero-order valence-electron chi connectivity index (χ0n) is 18.1. The number of carbonyl (C=O) groups is 2. The summed E-state index contributed by atoms with van der Waals surface area (Å²) >= 11 is 0. The molecule has 0 unspecified atom stereocenters. The van der Waals surface area contributed by atoms with Gasteiger partial charge in [0, 0.05) is 25.3 Å². The molecule has 154 valence electrons. The minimum Gasteiger partial charge on any atom is -0.356 e. The third kappa shape index (κ3) is 17.9. The van der Waals surface area contributed by atoms with Crippen molar-refractivity contribution in [3.63, 3.8) is 0 Å². The molecule has 0 spiro atoms. The average Bonchev–Trinajstić information content (AvgIpc) is 2.59. The molecule has 0 aliphatic heterocycles. The maximum atomic E-state index is 11.6. The Morgan fingerprint density at radius 3 is 1.38 bits per heavy atom. The van der Waals surface area contributed by atoms with Crippen molar-refractivity contribution in [2.45, 2.75) is 118 Å². The molecule has 0 rings (SSSR count). The molecule has 0 fully saturated rings. The van der Waals surface area contributed by atoms with Crippen molar-refractivity contribution in [3.05, 3.63) is 0 Å². The lowest BCUT2D eigenvalue weighted by atomic mass is 10.0. The maximum Gasteiger partial charge on any atom is 0.220 e. The van der Waals surface area contributed by atoms with Gasteiger partial charge in [-0.1, -0.05) is 91.9 Å². The summed E-state index contributed by atoms with van der Waals surface area (Å²) in [7, 11) is 0. The molecule has 3 nitrogen and oxygen atoms in total. The molecule has 0 atom stereocenters. The minimum atomic E-state index is 0.206. The average molecular weight is 368 g/mol. The molecule has 0 aromatic heterocycles. The van der Waals surface area contributed by atoms with E-state index in [2.05, 4.69) is 19.2 Å². The molecular formula is C23H45NO2. The number of unbranched alkanes of at least 4 members (excludes halogenated alkanes) is 11. The van der Waals surface area contributed by atoms with Crippen LogP contribution in [0.25, 0.3) is 0 Å². The maximum absolute atomic E-state index is 11.6. The summed E-state index contributed by atoms with van der Waals surface area (Å²) in [5.41, 5.74) is 0. The lowest BCUT2D eigenvalue weighted by molar-refractivity contribution is -0.122. The van der Waals surface area contributed by atoms with Gasteiger partial charge in [-0.15, -0.1) is 0 Å². The van der Waals surface area contributed by atoms with Crippen LogP contribution in [0.2, 0.25) is 0 Å². The first-order valence-electron chi connectivity index (χ1n) is 11.2. The Hall–Kier alpha value is -0.860. The first-order valence-corrected chi connectivity index (χ1v) is 11.2. The van der Waals surface area contributed by atoms with Crippen LogP contribution in [0.15, 0.2) is 0 Å². The highest BCUT2D eigenvalue weighted by Gasteiger charge is 2.05. The van der Waals surface area contributed by atoms with Crippen molar-refractivity contribution < 1.29 is 9.59 Å². The Kier molecular flexibility index (Phi) is 17.0. The van der Waals surface area contributed by atoms with Gasteiger partial charge < -0.3 is 5.32 Å². The lowest BCUT2D eigenvalue weighted by Gasteiger charge is -2.07. The van der Waals surface area contributed by atoms with Crippen LogP contribution in [0.1, 0.15) is 118 Å². The highest BCUT2D eigenvalue weighted by Crippen LogP contribution is 2.13. The molecule has 0 aliphatic rings. The van der Waals surface area contributed by atoms with Crippen molar-refractivity contribution in [1.29, 1.82) is 0 Å². The molecule has 0 aromatic carbocycles. The van der Waals surface area contributed by atoms with Gasteiger partial charge in [-0.2, -0.15) is 0 Å². The van der Waals surface area contributed by atoms with Gasteiger partial charge in [0.05, 0.1) is 0 Å². The highest BCUT2D eigenvalue weighted by molar-refractivity contribution is 5.80. The Morgan fingerprint density at radius 1 is 0.615 bits per heavy atom. The van der Waals surface area contributed by atoms with Gasteiger partial charge in [-0.25, -0.2) is 0 Å². The number of carbonyl (C=O) groups excluding carboxylic acids is 2. The van der Waals surface area contributed by atoms with E-state index in [1.165, 1.54) is 64.2 Å². The second-order valence-corrected chi connectivity index (χ2v) is 8.56. The third-order valence-corrected chi connectivity index (χ3v) is 4.93. The second-order valence-electron chi connectivity index (χ2n) is 8.56. The molecular weight excluding hydrogens is 322 g/mol. The summed E-state index contributed by atoms with van der Waals surface area (Å²) < 4.78 is 0. The van der Waals surface area contributed by atoms with E-state index in [-0.39, 0.29) is 11.8 Å². The Balaban J connectivity index is 3.18. The van der Waals surface area contributed by atoms with Gasteiger partial charge in [0.2, 0.25) is 5.91 Å². The number of rotatable bonds is 18. The summed E-state index contributed by atoms with van der Waals surface area (Å²) in [5, 5.41) is 2.98. The largest absolute Gasteiger partial charge is 0.356 e. The lowest BCUT2D eigenvalue weighted by Crippen LogP contribution is -2.26. The fourth-order valence-corrected chi connectivity index (χ4v) is 3.05. The van der Waals surface area contributed by atoms with Gasteiger partial charge in [0.15, 0.2) is 0 Å². The van der Waals surface area contributed by atoms with Crippen LogP contribution < -0.4 is 5.32 Å². The van der Waals surface area contributed by atoms with Crippen molar-refractivity contribution in [1.82, 2.24) is 5.32 Å². The minimum absolute atomic E-state index is 0.206. The van der Waals surface area contributed by atoms with E-state index in [0.29, 0.717) is 18.1 Å². The zero-order chi connectivity index (χ0) is 19.6. The highest BCUT2D eigenvalue weighted by atomic mass is 16.1. The van der Waals surface area contributed by atoms with Gasteiger partial charge in [-0.05, 0) is 18.8 Å². The molecule has 0 heterocycles. The smallest absolute Gasteiger partial charge is 0.220 e. The molecule has 0 saturated heterocycles. The van der Waals surface area contributed by atoms with Crippen LogP contribution in [0.5, 0.6) is 0 Å². The summed E-state index contributed by atoms with van der Waals surface area (Å²) in [4.78, 5) is 23.1. The van der Waals surface area contributed by atoms with Crippen molar-refractivity contribution in [2.75, 3.05) is 6.54 Å². The van der Waals surface area contributed by atoms with Crippen molar-refractivity contribution >= 4 is 11.7 Å². The van der Waals surface area contributed by atoms with Crippen molar-refractivity contribution in [2.24, 2.45) is 11.8 Å². The van der Waals surface area contributed by atoms with E-state index in [1.54, 1.807) is 0 Å². The van der Waals surface area contributed by atoms with Crippen LogP contribution >= 0.6 is 0 Å². The number of Topliss-reactive ketones (excluding diaryl/α,β-unsaturated/α-hetero) is 1. The number of amides is 1. The van der Waals surface area contributed by atoms with E-state index in [0.717, 1.165) is 25.8 Å². The molecule has 0 radical (unpaired) electrons. The molecule has 0 bridgehead atoms. The van der Waals surface area contributed by atoms with Crippen LogP contribution in [-0.2, 0) is 9.59 Å². The summed E-state index contributed by atoms with van der Waals surface area (Å²) in [6, 6.07) is 0. The molecule has 0 aromatic rings. The summed E-state index contributed by atoms with van der Waals surface area (Å²) in [6.07, 6.45) is 16.5. The quantitative estimate of drug-likeness (QED) is 0.283. The number of hydrogen-bond acceptors (Lipinski definition) is 2. The molecule has 26 heavy (non-hydrogen) atoms. The first kappa shape index (κ1) is 25.1. The van der Waals surface area contributed by atoms with Crippen LogP contribution in [0.4, 0.5) is 0 Å². The Labute approximate surface area is 163 Å². The van der Waals surface area contributed by atoms with Gasteiger partial charge in [0.1, 0.15) is 5.78 Å². The number of nitrogens with one attached hydrogen (secondary N) is 1. The fraction of sp³-hybridized carbons (Fsp3) is 0.913. The SMILES string of the molecule is CC(C)CNC(=O)CCCCCCCCCCCCCCC(=O)C(C)C. The third-order valence-electron chi connectivity index (χ3n) is 4.93. The summed E-state index contributed by atoms with van der Waals surface area (Å²) in [6.45, 7) is 9.03. The molecule has 1 amide bonds. The topological polar surface area (TPSA) is 46.2 Å². The summed E-state index contributed by atoms with van der Waals surface area (Å²) in [5.74, 6) is 1.37. The standard InChI is InChI=1S/C23H45NO2/c1-20(2)19-24-23(26)18-16-14-12-10-8-6-5-7-9-11-13-15-17-22(25)21(3)4/h20-21H,5-19H2,1-4H3,(H,24,26). The first-order chi connectivity index (χ1) is 12.4. The normalized spacial score (nSPS) is 11.3. The predicted molar refractivity (Wildman–Crippen MR) is 112 cm³/mol. The zero-order valence-corrected chi connectivity index (χ0v) is 18.1. The van der Waals surface area contributed by atoms with E-state index in [1.807, 2.05) is 13.8 Å². The molecule has 1 N–H and O–H groups in total. The molecule has 0 aliphatic carbocycles. The Bertz CT molecular complexity index is 350. The van der Waals surface area contributed by atoms with Crippen LogP contribution in [0.3, 0.4) is 0 Å². The molecule has 0 saturated carbocycles. The number of ketones is 1. The van der Waals surface area contributed by atoms with Crippen LogP contribution in [0, 0.1) is 11.8 Å². The fourth-order valence-electron chi connectivity index (χ4n) is 3.05. The van der Waals surface area contributed by atoms with Gasteiger partial charge in [0.25, 0.3) is 0 Å². The van der Waals surface area contributed by atoms with Gasteiger partial charge in [-0.3, -0.25) is 9.59 Å². The van der Waals surface area contributed by atoms with Gasteiger partial charge >= 0.3 is 0 Å². The molecule has 3 heteroatoms. The van der Waals surface area contributed by atoms with E-state index in [9.17, 15) is 9.59 Å². The van der Waals surface area contributed by atoms with E-state index < -0.39 is 0 Å². The van der Waals surface area contributed by atoms with Crippen molar-refractivity contribution in [3.8, 4) is 0 Å². The second kappa shape index (κ2) is 17.5. The number of hydrogen-bond donors (Lipinski definition) is 1. The predicted octanol–water partition coefficient (Wildman–Crippen LogP) is 6.45. The van der Waals surface area contributed by atoms with E-state index >= 15 is 0 Å². The van der Waals surface area contributed by atoms with E-state index in [4.69, 9.17) is 0 Å². The van der Waals surface area contributed by atoms with Crippen LogP contribution in [-0.4, -0.2) is 18.2 Å². The monoisotopic (exact) mass is 367 g/mol. The Morgan fingerprint density at radius 2 is 1.00 bits per heavy atom.